The van der Waals surface area contributed by atoms with Gasteiger partial charge in [-0.15, -0.1) is 11.8 Å². The summed E-state index contributed by atoms with van der Waals surface area (Å²) in [6, 6.07) is 15.3. The lowest BCUT2D eigenvalue weighted by Crippen LogP contribution is -2.38. The van der Waals surface area contributed by atoms with E-state index in [1.165, 1.54) is 36.5 Å². The number of fused-ring (bicyclic) bond motifs is 1. The van der Waals surface area contributed by atoms with Crippen LogP contribution >= 0.6 is 11.8 Å². The molecule has 134 valence electrons. The number of esters is 1. The summed E-state index contributed by atoms with van der Waals surface area (Å²) < 4.78 is 7.50. The van der Waals surface area contributed by atoms with Crippen molar-refractivity contribution in [2.75, 3.05) is 5.75 Å². The highest BCUT2D eigenvalue weighted by Gasteiger charge is 2.10. The van der Waals surface area contributed by atoms with E-state index in [4.69, 9.17) is 4.74 Å². The number of hydrogen-bond acceptors (Lipinski definition) is 5. The normalized spacial score (nSPS) is 10.8. The largest absolute Gasteiger partial charge is 0.459 e. The smallest absolute Gasteiger partial charge is 0.330 e. The van der Waals surface area contributed by atoms with E-state index in [1.54, 1.807) is 0 Å². The fourth-order valence-corrected chi connectivity index (χ4v) is 3.25. The van der Waals surface area contributed by atoms with Gasteiger partial charge in [0, 0.05) is 25.1 Å². The minimum Gasteiger partial charge on any atom is -0.459 e. The monoisotopic (exact) mass is 370 g/mol. The van der Waals surface area contributed by atoms with Gasteiger partial charge in [-0.1, -0.05) is 30.3 Å². The van der Waals surface area contributed by atoms with E-state index in [0.29, 0.717) is 5.69 Å². The summed E-state index contributed by atoms with van der Waals surface area (Å²) >= 11 is 1.38. The summed E-state index contributed by atoms with van der Waals surface area (Å²) in [7, 11) is 2.94. The summed E-state index contributed by atoms with van der Waals surface area (Å²) in [5.41, 5.74) is -0.513. The van der Waals surface area contributed by atoms with Crippen LogP contribution in [0.5, 0.6) is 0 Å². The Morgan fingerprint density at radius 2 is 1.73 bits per heavy atom. The van der Waals surface area contributed by atoms with Gasteiger partial charge in [0.05, 0.1) is 11.4 Å². The number of rotatable bonds is 5. The quantitative estimate of drug-likeness (QED) is 0.508. The van der Waals surface area contributed by atoms with Crippen LogP contribution in [0.4, 0.5) is 0 Å². The highest BCUT2D eigenvalue weighted by Crippen LogP contribution is 2.23. The molecule has 7 heteroatoms. The summed E-state index contributed by atoms with van der Waals surface area (Å²) in [6.45, 7) is -0.112. The molecule has 0 atom stereocenters. The Kier molecular flexibility index (Phi) is 5.27. The van der Waals surface area contributed by atoms with Crippen molar-refractivity contribution in [2.45, 2.75) is 11.5 Å². The lowest BCUT2D eigenvalue weighted by molar-refractivity contribution is -0.141. The van der Waals surface area contributed by atoms with Gasteiger partial charge in [0.15, 0.2) is 0 Å². The molecule has 0 aliphatic rings. The Balaban J connectivity index is 1.61. The van der Waals surface area contributed by atoms with Crippen molar-refractivity contribution in [3.63, 3.8) is 0 Å². The van der Waals surface area contributed by atoms with E-state index in [1.807, 2.05) is 42.5 Å². The third-order valence-electron chi connectivity index (χ3n) is 4.08. The molecule has 0 N–H and O–H groups in total. The van der Waals surface area contributed by atoms with E-state index in [0.717, 1.165) is 20.2 Å². The molecule has 6 nitrogen and oxygen atoms in total. The second kappa shape index (κ2) is 7.61. The van der Waals surface area contributed by atoms with E-state index >= 15 is 0 Å². The zero-order chi connectivity index (χ0) is 18.7. The number of ether oxygens (including phenoxy) is 1. The maximum atomic E-state index is 12.0. The first-order valence-corrected chi connectivity index (χ1v) is 8.97. The van der Waals surface area contributed by atoms with Gasteiger partial charge in [-0.3, -0.25) is 18.7 Å². The number of aromatic nitrogens is 2. The minimum absolute atomic E-state index is 0.112. The lowest BCUT2D eigenvalue weighted by atomic mass is 10.1. The number of thioether (sulfide) groups is 1. The maximum absolute atomic E-state index is 12.0. The zero-order valence-corrected chi connectivity index (χ0v) is 15.3. The van der Waals surface area contributed by atoms with Crippen LogP contribution in [0, 0.1) is 0 Å². The van der Waals surface area contributed by atoms with Gasteiger partial charge in [-0.2, -0.15) is 0 Å². The van der Waals surface area contributed by atoms with Crippen LogP contribution in [0.25, 0.3) is 10.8 Å². The van der Waals surface area contributed by atoms with Gasteiger partial charge in [0.25, 0.3) is 5.56 Å². The predicted octanol–water partition coefficient (Wildman–Crippen LogP) is 2.07. The Hall–Kier alpha value is -2.80. The molecule has 0 spiro atoms. The number of hydrogen-bond donors (Lipinski definition) is 0. The molecule has 1 aromatic heterocycles. The molecule has 0 radical (unpaired) electrons. The van der Waals surface area contributed by atoms with Crippen LogP contribution in [-0.4, -0.2) is 20.9 Å². The Morgan fingerprint density at radius 3 is 2.50 bits per heavy atom. The first-order chi connectivity index (χ1) is 12.5. The fraction of sp³-hybridized carbons (Fsp3) is 0.211. The molecule has 0 saturated heterocycles. The molecular formula is C19H18N2O4S. The van der Waals surface area contributed by atoms with Gasteiger partial charge in [-0.05, 0) is 22.9 Å². The van der Waals surface area contributed by atoms with Gasteiger partial charge < -0.3 is 4.74 Å². The van der Waals surface area contributed by atoms with Crippen molar-refractivity contribution in [1.82, 2.24) is 9.13 Å². The average molecular weight is 370 g/mol. The second-order valence-electron chi connectivity index (χ2n) is 5.83. The first-order valence-electron chi connectivity index (χ1n) is 7.99. The topological polar surface area (TPSA) is 70.3 Å². The molecule has 3 aromatic rings. The molecule has 0 fully saturated rings. The van der Waals surface area contributed by atoms with Crippen LogP contribution in [0.15, 0.2) is 63.0 Å². The van der Waals surface area contributed by atoms with Crippen molar-refractivity contribution in [1.29, 1.82) is 0 Å². The van der Waals surface area contributed by atoms with Crippen molar-refractivity contribution < 1.29 is 9.53 Å². The second-order valence-corrected chi connectivity index (χ2v) is 6.88. The van der Waals surface area contributed by atoms with Crippen LogP contribution in [0.2, 0.25) is 0 Å². The summed E-state index contributed by atoms with van der Waals surface area (Å²) in [5.74, 6) is -0.256. The highest BCUT2D eigenvalue weighted by molar-refractivity contribution is 8.00. The fourth-order valence-electron chi connectivity index (χ4n) is 2.51. The third kappa shape index (κ3) is 3.88. The van der Waals surface area contributed by atoms with Crippen LogP contribution in [0.3, 0.4) is 0 Å². The molecule has 1 heterocycles. The van der Waals surface area contributed by atoms with E-state index in [2.05, 4.69) is 0 Å². The van der Waals surface area contributed by atoms with Crippen molar-refractivity contribution in [2.24, 2.45) is 14.1 Å². The highest BCUT2D eigenvalue weighted by atomic mass is 32.2. The summed E-state index contributed by atoms with van der Waals surface area (Å²) in [5, 5.41) is 2.26. The Morgan fingerprint density at radius 1 is 1.00 bits per heavy atom. The molecule has 0 amide bonds. The van der Waals surface area contributed by atoms with Crippen molar-refractivity contribution in [3.8, 4) is 0 Å². The zero-order valence-electron chi connectivity index (χ0n) is 14.5. The molecule has 0 aliphatic heterocycles. The molecule has 0 bridgehead atoms. The van der Waals surface area contributed by atoms with Gasteiger partial charge in [0.1, 0.15) is 6.61 Å². The third-order valence-corrected chi connectivity index (χ3v) is 5.05. The van der Waals surface area contributed by atoms with E-state index < -0.39 is 17.2 Å². The standard InChI is InChI=1S/C19H18N2O4S/c1-20-15(10-17(22)21(2)19(20)24)11-25-18(23)12-26-16-8-7-13-5-3-4-6-14(13)9-16/h3-10H,11-12H2,1-2H3. The molecule has 26 heavy (non-hydrogen) atoms. The van der Waals surface area contributed by atoms with E-state index in [9.17, 15) is 14.4 Å². The minimum atomic E-state index is -0.450. The van der Waals surface area contributed by atoms with Crippen LogP contribution in [0.1, 0.15) is 5.69 Å². The van der Waals surface area contributed by atoms with E-state index in [-0.39, 0.29) is 12.4 Å². The molecule has 0 saturated carbocycles. The molecule has 2 aromatic carbocycles. The maximum Gasteiger partial charge on any atom is 0.330 e. The molecule has 3 rings (SSSR count). The molecule has 0 unspecified atom stereocenters. The number of carbonyl (C=O) groups is 1. The number of carbonyl (C=O) groups excluding carboxylic acids is 1. The van der Waals surface area contributed by atoms with Gasteiger partial charge in [0.2, 0.25) is 0 Å². The Labute approximate surface area is 154 Å². The van der Waals surface area contributed by atoms with Crippen LogP contribution < -0.4 is 11.2 Å². The number of nitrogens with zero attached hydrogens (tertiary/aromatic N) is 2. The van der Waals surface area contributed by atoms with Crippen molar-refractivity contribution in [3.05, 3.63) is 75.1 Å². The lowest BCUT2D eigenvalue weighted by Gasteiger charge is -2.10. The average Bonchev–Trinajstić information content (AvgIpc) is 2.66. The number of benzene rings is 2. The van der Waals surface area contributed by atoms with Gasteiger partial charge >= 0.3 is 11.7 Å². The predicted molar refractivity (Wildman–Crippen MR) is 101 cm³/mol. The molecule has 0 aliphatic carbocycles. The summed E-state index contributed by atoms with van der Waals surface area (Å²) in [4.78, 5) is 36.5. The van der Waals surface area contributed by atoms with Crippen molar-refractivity contribution >= 4 is 28.5 Å². The first kappa shape index (κ1) is 18.0. The van der Waals surface area contributed by atoms with Gasteiger partial charge in [-0.25, -0.2) is 4.79 Å². The Bertz CT molecular complexity index is 1080. The van der Waals surface area contributed by atoms with Crippen LogP contribution in [-0.2, 0) is 30.2 Å². The molecular weight excluding hydrogens is 352 g/mol. The summed E-state index contributed by atoms with van der Waals surface area (Å²) in [6.07, 6.45) is 0. The SMILES string of the molecule is Cn1c(COC(=O)CSc2ccc3ccccc3c2)cc(=O)n(C)c1=O.